The number of amides is 2. The Bertz CT molecular complexity index is 696. The Morgan fingerprint density at radius 1 is 0.839 bits per heavy atom. The van der Waals surface area contributed by atoms with Crippen molar-refractivity contribution in [1.29, 1.82) is 0 Å². The van der Waals surface area contributed by atoms with Gasteiger partial charge in [0.1, 0.15) is 6.54 Å². The number of methoxy groups -OCH3 is 1. The standard InChI is InChI=1S/C21H30N2O8/c1-27-19(24)16-22-20(25)17-4-2-3-5-18(17)21(26)23-6-8-28-10-12-30-14-15-31-13-11-29-9-7-23/h2-5H,6-16H2,1H3,(H,22,25). The van der Waals surface area contributed by atoms with E-state index in [0.717, 1.165) is 0 Å². The summed E-state index contributed by atoms with van der Waals surface area (Å²) < 4.78 is 26.4. The van der Waals surface area contributed by atoms with E-state index in [2.05, 4.69) is 10.1 Å². The first-order valence-corrected chi connectivity index (χ1v) is 10.2. The predicted molar refractivity (Wildman–Crippen MR) is 110 cm³/mol. The van der Waals surface area contributed by atoms with Crippen molar-refractivity contribution >= 4 is 17.8 Å². The Kier molecular flexibility index (Phi) is 11.5. The van der Waals surface area contributed by atoms with Gasteiger partial charge < -0.3 is 33.9 Å². The minimum Gasteiger partial charge on any atom is -0.468 e. The molecule has 0 saturated carbocycles. The van der Waals surface area contributed by atoms with Crippen LogP contribution in [0.2, 0.25) is 0 Å². The molecule has 10 heteroatoms. The normalized spacial score (nSPS) is 17.1. The van der Waals surface area contributed by atoms with Gasteiger partial charge in [-0.2, -0.15) is 0 Å². The third-order valence-corrected chi connectivity index (χ3v) is 4.44. The van der Waals surface area contributed by atoms with Crippen LogP contribution in [-0.2, 0) is 28.5 Å². The van der Waals surface area contributed by atoms with Crippen LogP contribution in [-0.4, -0.2) is 102 Å². The summed E-state index contributed by atoms with van der Waals surface area (Å²) >= 11 is 0. The maximum absolute atomic E-state index is 13.2. The van der Waals surface area contributed by atoms with Gasteiger partial charge in [-0.15, -0.1) is 0 Å². The Labute approximate surface area is 181 Å². The molecule has 0 spiro atoms. The van der Waals surface area contributed by atoms with Gasteiger partial charge in [0.05, 0.1) is 71.1 Å². The van der Waals surface area contributed by atoms with E-state index in [0.29, 0.717) is 65.9 Å². The van der Waals surface area contributed by atoms with Crippen LogP contribution in [0.4, 0.5) is 0 Å². The number of hydrogen-bond donors (Lipinski definition) is 1. The number of carbonyl (C=O) groups excluding carboxylic acids is 3. The maximum atomic E-state index is 13.2. The minimum absolute atomic E-state index is 0.177. The van der Waals surface area contributed by atoms with Gasteiger partial charge in [-0.25, -0.2) is 0 Å². The zero-order chi connectivity index (χ0) is 22.3. The Morgan fingerprint density at radius 3 is 1.84 bits per heavy atom. The lowest BCUT2D eigenvalue weighted by Crippen LogP contribution is -2.38. The van der Waals surface area contributed by atoms with Crippen molar-refractivity contribution in [3.63, 3.8) is 0 Å². The zero-order valence-corrected chi connectivity index (χ0v) is 17.8. The quantitative estimate of drug-likeness (QED) is 0.660. The molecular weight excluding hydrogens is 408 g/mol. The number of nitrogens with one attached hydrogen (secondary N) is 1. The van der Waals surface area contributed by atoms with Gasteiger partial charge in [-0.05, 0) is 12.1 Å². The van der Waals surface area contributed by atoms with Crippen molar-refractivity contribution in [3.8, 4) is 0 Å². The molecule has 1 N–H and O–H groups in total. The summed E-state index contributed by atoms with van der Waals surface area (Å²) in [6.45, 7) is 3.70. The first-order valence-electron chi connectivity index (χ1n) is 10.2. The molecule has 2 amide bonds. The van der Waals surface area contributed by atoms with Crippen molar-refractivity contribution in [2.45, 2.75) is 0 Å². The lowest BCUT2D eigenvalue weighted by molar-refractivity contribution is -0.139. The molecular formula is C21H30N2O8. The second kappa shape index (κ2) is 14.5. The van der Waals surface area contributed by atoms with E-state index in [1.807, 2.05) is 0 Å². The summed E-state index contributed by atoms with van der Waals surface area (Å²) in [6, 6.07) is 6.45. The van der Waals surface area contributed by atoms with Crippen LogP contribution in [0.25, 0.3) is 0 Å². The predicted octanol–water partition coefficient (Wildman–Crippen LogP) is 0.112. The minimum atomic E-state index is -0.579. The third kappa shape index (κ3) is 9.01. The first kappa shape index (κ1) is 24.7. The second-order valence-corrected chi connectivity index (χ2v) is 6.55. The molecule has 2 rings (SSSR count). The van der Waals surface area contributed by atoms with Crippen LogP contribution in [0.3, 0.4) is 0 Å². The molecule has 1 aliphatic heterocycles. The highest BCUT2D eigenvalue weighted by Gasteiger charge is 2.22. The van der Waals surface area contributed by atoms with Crippen LogP contribution in [0.1, 0.15) is 20.7 Å². The van der Waals surface area contributed by atoms with E-state index >= 15 is 0 Å². The molecule has 1 aliphatic rings. The van der Waals surface area contributed by atoms with Crippen LogP contribution in [0.15, 0.2) is 24.3 Å². The molecule has 0 bridgehead atoms. The van der Waals surface area contributed by atoms with Gasteiger partial charge >= 0.3 is 5.97 Å². The number of esters is 1. The van der Waals surface area contributed by atoms with E-state index in [9.17, 15) is 14.4 Å². The highest BCUT2D eigenvalue weighted by atomic mass is 16.6. The summed E-state index contributed by atoms with van der Waals surface area (Å²) in [4.78, 5) is 38.6. The summed E-state index contributed by atoms with van der Waals surface area (Å²) in [6.07, 6.45) is 0. The van der Waals surface area contributed by atoms with E-state index in [1.54, 1.807) is 23.1 Å². The van der Waals surface area contributed by atoms with E-state index < -0.39 is 11.9 Å². The van der Waals surface area contributed by atoms with Gasteiger partial charge in [-0.1, -0.05) is 12.1 Å². The highest BCUT2D eigenvalue weighted by molar-refractivity contribution is 6.07. The monoisotopic (exact) mass is 438 g/mol. The lowest BCUT2D eigenvalue weighted by Gasteiger charge is -2.24. The van der Waals surface area contributed by atoms with Gasteiger partial charge in [-0.3, -0.25) is 14.4 Å². The summed E-state index contributed by atoms with van der Waals surface area (Å²) in [7, 11) is 1.23. The lowest BCUT2D eigenvalue weighted by atomic mass is 10.1. The number of carbonyl (C=O) groups is 3. The van der Waals surface area contributed by atoms with E-state index in [4.69, 9.17) is 18.9 Å². The van der Waals surface area contributed by atoms with E-state index in [1.165, 1.54) is 13.2 Å². The van der Waals surface area contributed by atoms with Crippen LogP contribution < -0.4 is 5.32 Å². The molecule has 31 heavy (non-hydrogen) atoms. The van der Waals surface area contributed by atoms with Gasteiger partial charge in [0.2, 0.25) is 0 Å². The molecule has 172 valence electrons. The fourth-order valence-corrected chi connectivity index (χ4v) is 2.78. The van der Waals surface area contributed by atoms with Crippen molar-refractivity contribution in [2.75, 3.05) is 79.6 Å². The highest BCUT2D eigenvalue weighted by Crippen LogP contribution is 2.12. The molecule has 1 saturated heterocycles. The summed E-state index contributed by atoms with van der Waals surface area (Å²) in [5.41, 5.74) is 0.408. The van der Waals surface area contributed by atoms with Crippen LogP contribution >= 0.6 is 0 Å². The molecule has 1 heterocycles. The third-order valence-electron chi connectivity index (χ3n) is 4.44. The molecule has 0 unspecified atom stereocenters. The molecule has 0 radical (unpaired) electrons. The number of rotatable bonds is 4. The molecule has 1 fully saturated rings. The largest absolute Gasteiger partial charge is 0.468 e. The molecule has 10 nitrogen and oxygen atoms in total. The number of hydrogen-bond acceptors (Lipinski definition) is 8. The Balaban J connectivity index is 2.06. The Morgan fingerprint density at radius 2 is 1.32 bits per heavy atom. The van der Waals surface area contributed by atoms with Crippen molar-refractivity contribution in [1.82, 2.24) is 10.2 Å². The topological polar surface area (TPSA) is 113 Å². The molecule has 0 aliphatic carbocycles. The smallest absolute Gasteiger partial charge is 0.325 e. The fourth-order valence-electron chi connectivity index (χ4n) is 2.78. The van der Waals surface area contributed by atoms with Crippen LogP contribution in [0, 0.1) is 0 Å². The van der Waals surface area contributed by atoms with Crippen molar-refractivity contribution in [2.24, 2.45) is 0 Å². The summed E-state index contributed by atoms with van der Waals surface area (Å²) in [5.74, 6) is -1.44. The molecule has 0 aromatic heterocycles. The first-order chi connectivity index (χ1) is 15.1. The van der Waals surface area contributed by atoms with Crippen molar-refractivity contribution in [3.05, 3.63) is 35.4 Å². The Hall–Kier alpha value is -2.53. The molecule has 1 aromatic rings. The molecule has 0 atom stereocenters. The SMILES string of the molecule is COC(=O)CNC(=O)c1ccccc1C(=O)N1CCOCCOCCOCCOCC1. The second-order valence-electron chi connectivity index (χ2n) is 6.55. The van der Waals surface area contributed by atoms with Gasteiger partial charge in [0.25, 0.3) is 11.8 Å². The average molecular weight is 438 g/mol. The van der Waals surface area contributed by atoms with E-state index in [-0.39, 0.29) is 23.6 Å². The number of nitrogens with zero attached hydrogens (tertiary/aromatic N) is 1. The van der Waals surface area contributed by atoms with Gasteiger partial charge in [0.15, 0.2) is 0 Å². The maximum Gasteiger partial charge on any atom is 0.325 e. The fraction of sp³-hybridized carbons (Fsp3) is 0.571. The summed E-state index contributed by atoms with van der Waals surface area (Å²) in [5, 5.41) is 2.46. The average Bonchev–Trinajstić information content (AvgIpc) is 2.81. The number of ether oxygens (including phenoxy) is 5. The molecule has 1 aromatic carbocycles. The van der Waals surface area contributed by atoms with Crippen molar-refractivity contribution < 1.29 is 38.1 Å². The van der Waals surface area contributed by atoms with Gasteiger partial charge in [0, 0.05) is 13.1 Å². The van der Waals surface area contributed by atoms with Crippen LogP contribution in [0.5, 0.6) is 0 Å². The number of benzene rings is 1. The zero-order valence-electron chi connectivity index (χ0n) is 17.8.